The van der Waals surface area contributed by atoms with Gasteiger partial charge in [0.2, 0.25) is 0 Å². The first-order valence-corrected chi connectivity index (χ1v) is 7.69. The van der Waals surface area contributed by atoms with Gasteiger partial charge >= 0.3 is 0 Å². The quantitative estimate of drug-likeness (QED) is 0.797. The van der Waals surface area contributed by atoms with Crippen LogP contribution in [0.2, 0.25) is 0 Å². The molecule has 1 aliphatic rings. The maximum absolute atomic E-state index is 11.9. The average molecular weight is 294 g/mol. The zero-order chi connectivity index (χ0) is 15.2. The first-order chi connectivity index (χ1) is 10.1. The molecule has 0 bridgehead atoms. The highest BCUT2D eigenvalue weighted by Crippen LogP contribution is 2.11. The van der Waals surface area contributed by atoms with E-state index in [0.717, 1.165) is 32.5 Å². The fourth-order valence-corrected chi connectivity index (χ4v) is 2.79. The van der Waals surface area contributed by atoms with Gasteiger partial charge in [0, 0.05) is 39.1 Å². The maximum atomic E-state index is 11.9. The number of rotatable bonds is 6. The smallest absolute Gasteiger partial charge is 0.287 e. The lowest BCUT2D eigenvalue weighted by atomic mass is 10.2. The van der Waals surface area contributed by atoms with E-state index in [1.54, 1.807) is 17.0 Å². The summed E-state index contributed by atoms with van der Waals surface area (Å²) in [6, 6.07) is 0. The lowest BCUT2D eigenvalue weighted by Gasteiger charge is -2.35. The van der Waals surface area contributed by atoms with Gasteiger partial charge in [-0.1, -0.05) is 0 Å². The molecule has 118 valence electrons. The van der Waals surface area contributed by atoms with Crippen LogP contribution in [0.25, 0.3) is 0 Å². The minimum Gasteiger partial charge on any atom is -0.373 e. The molecule has 1 aromatic rings. The number of nitrogens with zero attached hydrogens (tertiary/aromatic N) is 3. The number of ether oxygens (including phenoxy) is 1. The van der Waals surface area contributed by atoms with Gasteiger partial charge in [-0.15, -0.1) is 0 Å². The van der Waals surface area contributed by atoms with Gasteiger partial charge in [0.25, 0.3) is 5.91 Å². The van der Waals surface area contributed by atoms with Crippen molar-refractivity contribution in [3.63, 3.8) is 0 Å². The van der Waals surface area contributed by atoms with Gasteiger partial charge in [-0.05, 0) is 33.2 Å². The lowest BCUT2D eigenvalue weighted by Crippen LogP contribution is -2.45. The van der Waals surface area contributed by atoms with E-state index >= 15 is 0 Å². The Kier molecular flexibility index (Phi) is 5.76. The number of amides is 1. The number of aromatic nitrogens is 2. The van der Waals surface area contributed by atoms with Gasteiger partial charge in [-0.2, -0.15) is 0 Å². The van der Waals surface area contributed by atoms with E-state index in [-0.39, 0.29) is 5.91 Å². The number of carbonyl (C=O) groups excluding carboxylic acids is 1. The summed E-state index contributed by atoms with van der Waals surface area (Å²) in [4.78, 5) is 18.3. The molecule has 2 atom stereocenters. The molecule has 2 heterocycles. The van der Waals surface area contributed by atoms with Crippen LogP contribution in [-0.2, 0) is 11.8 Å². The molecule has 1 saturated heterocycles. The molecule has 6 nitrogen and oxygen atoms in total. The molecule has 2 rings (SSSR count). The summed E-state index contributed by atoms with van der Waals surface area (Å²) in [5, 5.41) is 2.92. The number of morpholine rings is 1. The number of imidazole rings is 1. The van der Waals surface area contributed by atoms with Gasteiger partial charge in [-0.3, -0.25) is 9.69 Å². The number of nitrogens with one attached hydrogen (secondary N) is 1. The standard InChI is InChI=1S/C15H26N4O2/c1-12-10-19(11-13(2)21-12)8-5-4-6-17-15(20)14-16-7-9-18(14)3/h7,9,12-13H,4-6,8,10-11H2,1-3H3,(H,17,20). The molecule has 0 saturated carbocycles. The molecule has 2 unspecified atom stereocenters. The Hall–Kier alpha value is -1.40. The Bertz CT molecular complexity index is 450. The summed E-state index contributed by atoms with van der Waals surface area (Å²) in [7, 11) is 1.82. The molecule has 21 heavy (non-hydrogen) atoms. The fraction of sp³-hybridized carbons (Fsp3) is 0.733. The molecule has 0 aromatic carbocycles. The topological polar surface area (TPSA) is 59.4 Å². The first-order valence-electron chi connectivity index (χ1n) is 7.69. The second-order valence-corrected chi connectivity index (χ2v) is 5.84. The van der Waals surface area contributed by atoms with E-state index in [0.29, 0.717) is 24.6 Å². The molecule has 0 radical (unpaired) electrons. The normalized spacial score (nSPS) is 23.2. The third-order valence-electron chi connectivity index (χ3n) is 3.71. The van der Waals surface area contributed by atoms with Gasteiger partial charge in [0.15, 0.2) is 5.82 Å². The van der Waals surface area contributed by atoms with Crippen molar-refractivity contribution in [3.05, 3.63) is 18.2 Å². The maximum Gasteiger partial charge on any atom is 0.287 e. The van der Waals surface area contributed by atoms with Crippen LogP contribution in [0.4, 0.5) is 0 Å². The number of hydrogen-bond acceptors (Lipinski definition) is 4. The molecular weight excluding hydrogens is 268 g/mol. The molecule has 1 N–H and O–H groups in total. The van der Waals surface area contributed by atoms with E-state index in [1.807, 2.05) is 7.05 Å². The molecule has 0 spiro atoms. The molecule has 0 aliphatic carbocycles. The largest absolute Gasteiger partial charge is 0.373 e. The summed E-state index contributed by atoms with van der Waals surface area (Å²) in [5.41, 5.74) is 0. The molecule has 1 aliphatic heterocycles. The first kappa shape index (κ1) is 16.0. The van der Waals surface area contributed by atoms with Crippen molar-refractivity contribution in [3.8, 4) is 0 Å². The summed E-state index contributed by atoms with van der Waals surface area (Å²) in [5.74, 6) is 0.363. The molecular formula is C15H26N4O2. The zero-order valence-electron chi connectivity index (χ0n) is 13.2. The van der Waals surface area contributed by atoms with Crippen LogP contribution in [0.15, 0.2) is 12.4 Å². The van der Waals surface area contributed by atoms with E-state index in [1.165, 1.54) is 0 Å². The highest BCUT2D eigenvalue weighted by atomic mass is 16.5. The fourth-order valence-electron chi connectivity index (χ4n) is 2.79. The van der Waals surface area contributed by atoms with Gasteiger partial charge in [0.05, 0.1) is 12.2 Å². The number of carbonyl (C=O) groups is 1. The third-order valence-corrected chi connectivity index (χ3v) is 3.71. The van der Waals surface area contributed by atoms with Crippen molar-refractivity contribution >= 4 is 5.91 Å². The molecule has 1 amide bonds. The minimum atomic E-state index is -0.101. The third kappa shape index (κ3) is 4.82. The Morgan fingerprint density at radius 3 is 2.71 bits per heavy atom. The van der Waals surface area contributed by atoms with Crippen molar-refractivity contribution in [2.75, 3.05) is 26.2 Å². The predicted octanol–water partition coefficient (Wildman–Crippen LogP) is 1.04. The van der Waals surface area contributed by atoms with Crippen LogP contribution in [0, 0.1) is 0 Å². The lowest BCUT2D eigenvalue weighted by molar-refractivity contribution is -0.0681. The van der Waals surface area contributed by atoms with Crippen molar-refractivity contribution in [2.24, 2.45) is 7.05 Å². The zero-order valence-corrected chi connectivity index (χ0v) is 13.2. The van der Waals surface area contributed by atoms with E-state index in [2.05, 4.69) is 29.0 Å². The Balaban J connectivity index is 1.60. The average Bonchev–Trinajstić information content (AvgIpc) is 2.83. The van der Waals surface area contributed by atoms with Crippen LogP contribution in [-0.4, -0.2) is 58.7 Å². The van der Waals surface area contributed by atoms with Crippen LogP contribution < -0.4 is 5.32 Å². The van der Waals surface area contributed by atoms with E-state index in [9.17, 15) is 4.79 Å². The van der Waals surface area contributed by atoms with Gasteiger partial charge in [0.1, 0.15) is 0 Å². The highest BCUT2D eigenvalue weighted by Gasteiger charge is 2.21. The summed E-state index contributed by atoms with van der Waals surface area (Å²) >= 11 is 0. The van der Waals surface area contributed by atoms with Gasteiger partial charge < -0.3 is 14.6 Å². The second-order valence-electron chi connectivity index (χ2n) is 5.84. The van der Waals surface area contributed by atoms with Crippen LogP contribution in [0.5, 0.6) is 0 Å². The highest BCUT2D eigenvalue weighted by molar-refractivity contribution is 5.90. The Morgan fingerprint density at radius 1 is 1.38 bits per heavy atom. The Labute approximate surface area is 126 Å². The minimum absolute atomic E-state index is 0.101. The van der Waals surface area contributed by atoms with Gasteiger partial charge in [-0.25, -0.2) is 4.98 Å². The SMILES string of the molecule is CC1CN(CCCCNC(=O)c2nccn2C)CC(C)O1. The van der Waals surface area contributed by atoms with Crippen LogP contribution in [0.1, 0.15) is 37.3 Å². The van der Waals surface area contributed by atoms with E-state index in [4.69, 9.17) is 4.74 Å². The summed E-state index contributed by atoms with van der Waals surface area (Å²) < 4.78 is 7.45. The van der Waals surface area contributed by atoms with Crippen LogP contribution >= 0.6 is 0 Å². The molecule has 1 aromatic heterocycles. The van der Waals surface area contributed by atoms with Crippen molar-refractivity contribution in [1.82, 2.24) is 19.8 Å². The molecule has 6 heteroatoms. The van der Waals surface area contributed by atoms with Crippen LogP contribution in [0.3, 0.4) is 0 Å². The van der Waals surface area contributed by atoms with Crippen molar-refractivity contribution < 1.29 is 9.53 Å². The second kappa shape index (κ2) is 7.56. The number of hydrogen-bond donors (Lipinski definition) is 1. The van der Waals surface area contributed by atoms with Crippen molar-refractivity contribution in [1.29, 1.82) is 0 Å². The predicted molar refractivity (Wildman–Crippen MR) is 81.2 cm³/mol. The summed E-state index contributed by atoms with van der Waals surface area (Å²) in [6.45, 7) is 8.01. The monoisotopic (exact) mass is 294 g/mol. The van der Waals surface area contributed by atoms with E-state index < -0.39 is 0 Å². The van der Waals surface area contributed by atoms with Crippen molar-refractivity contribution in [2.45, 2.75) is 38.9 Å². The number of aryl methyl sites for hydroxylation is 1. The Morgan fingerprint density at radius 2 is 2.10 bits per heavy atom. The summed E-state index contributed by atoms with van der Waals surface area (Å²) in [6.07, 6.45) is 6.11. The number of unbranched alkanes of at least 4 members (excludes halogenated alkanes) is 1. The molecule has 1 fully saturated rings.